The van der Waals surface area contributed by atoms with Gasteiger partial charge in [0.1, 0.15) is 5.82 Å². The highest BCUT2D eigenvalue weighted by atomic mass is 32.2. The molecular formula is C14H21N3S. The minimum Gasteiger partial charge on any atom is -0.341 e. The highest BCUT2D eigenvalue weighted by molar-refractivity contribution is 7.98. The Hall–Kier alpha value is -1.00. The zero-order valence-corrected chi connectivity index (χ0v) is 12.1. The van der Waals surface area contributed by atoms with Gasteiger partial charge in [0.25, 0.3) is 0 Å². The number of hydrogen-bond donors (Lipinski definition) is 2. The fourth-order valence-electron chi connectivity index (χ4n) is 1.96. The highest BCUT2D eigenvalue weighted by Crippen LogP contribution is 2.22. The molecule has 4 heteroatoms. The Kier molecular flexibility index (Phi) is 4.30. The Morgan fingerprint density at radius 3 is 2.83 bits per heavy atom. The van der Waals surface area contributed by atoms with Gasteiger partial charge in [-0.05, 0) is 42.0 Å². The molecule has 2 rings (SSSR count). The van der Waals surface area contributed by atoms with Crippen molar-refractivity contribution in [3.05, 3.63) is 29.6 Å². The first-order valence-electron chi connectivity index (χ1n) is 6.36. The molecule has 0 aliphatic carbocycles. The second-order valence-electron chi connectivity index (χ2n) is 4.94. The predicted octanol–water partition coefficient (Wildman–Crippen LogP) is 3.44. The molecule has 0 saturated heterocycles. The van der Waals surface area contributed by atoms with E-state index in [0.29, 0.717) is 5.92 Å². The minimum atomic E-state index is 0.00681. The van der Waals surface area contributed by atoms with Crippen LogP contribution >= 0.6 is 11.8 Å². The molecule has 0 fully saturated rings. The van der Waals surface area contributed by atoms with E-state index < -0.39 is 0 Å². The van der Waals surface area contributed by atoms with Crippen LogP contribution in [0.15, 0.2) is 18.2 Å². The average Bonchev–Trinajstić information content (AvgIpc) is 2.78. The van der Waals surface area contributed by atoms with Gasteiger partial charge >= 0.3 is 0 Å². The van der Waals surface area contributed by atoms with Crippen molar-refractivity contribution >= 4 is 22.8 Å². The van der Waals surface area contributed by atoms with Gasteiger partial charge in [-0.15, -0.1) is 0 Å². The van der Waals surface area contributed by atoms with Gasteiger partial charge in [-0.1, -0.05) is 19.9 Å². The Labute approximate surface area is 113 Å². The monoisotopic (exact) mass is 263 g/mol. The first kappa shape index (κ1) is 13.4. The lowest BCUT2D eigenvalue weighted by atomic mass is 10.0. The molecule has 0 amide bonds. The lowest BCUT2D eigenvalue weighted by Crippen LogP contribution is -2.12. The molecule has 18 heavy (non-hydrogen) atoms. The molecule has 3 nitrogen and oxygen atoms in total. The number of nitrogens with one attached hydrogen (secondary N) is 1. The van der Waals surface area contributed by atoms with Gasteiger partial charge in [0.2, 0.25) is 0 Å². The standard InChI is InChI=1S/C14H21N3S/c1-9(2)10-4-5-12-13(8-10)17-14(16-12)11(15)6-7-18-3/h4-5,8-9,11H,6-7,15H2,1-3H3,(H,16,17). The fraction of sp³-hybridized carbons (Fsp3) is 0.500. The molecule has 1 aromatic heterocycles. The maximum Gasteiger partial charge on any atom is 0.124 e. The summed E-state index contributed by atoms with van der Waals surface area (Å²) in [5, 5.41) is 0. The van der Waals surface area contributed by atoms with Crippen molar-refractivity contribution in [3.8, 4) is 0 Å². The van der Waals surface area contributed by atoms with Crippen molar-refractivity contribution in [2.24, 2.45) is 5.73 Å². The van der Waals surface area contributed by atoms with Crippen LogP contribution in [0.3, 0.4) is 0 Å². The number of aromatic amines is 1. The summed E-state index contributed by atoms with van der Waals surface area (Å²) in [6.45, 7) is 4.39. The van der Waals surface area contributed by atoms with E-state index in [-0.39, 0.29) is 6.04 Å². The summed E-state index contributed by atoms with van der Waals surface area (Å²) in [6, 6.07) is 6.40. The van der Waals surface area contributed by atoms with Crippen LogP contribution < -0.4 is 5.73 Å². The number of nitrogens with zero attached hydrogens (tertiary/aromatic N) is 1. The summed E-state index contributed by atoms with van der Waals surface area (Å²) in [5.41, 5.74) is 9.57. The van der Waals surface area contributed by atoms with E-state index in [1.165, 1.54) is 5.56 Å². The summed E-state index contributed by atoms with van der Waals surface area (Å²) in [7, 11) is 0. The zero-order chi connectivity index (χ0) is 13.1. The van der Waals surface area contributed by atoms with Crippen molar-refractivity contribution in [2.75, 3.05) is 12.0 Å². The number of imidazole rings is 1. The Bertz CT molecular complexity index is 519. The molecule has 1 atom stereocenters. The first-order valence-corrected chi connectivity index (χ1v) is 7.75. The largest absolute Gasteiger partial charge is 0.341 e. The van der Waals surface area contributed by atoms with Crippen LogP contribution in [0.4, 0.5) is 0 Å². The van der Waals surface area contributed by atoms with E-state index in [9.17, 15) is 0 Å². The van der Waals surface area contributed by atoms with Crippen molar-refractivity contribution in [1.29, 1.82) is 0 Å². The van der Waals surface area contributed by atoms with Crippen LogP contribution in [-0.2, 0) is 0 Å². The number of aromatic nitrogens is 2. The molecule has 1 heterocycles. The third-order valence-electron chi connectivity index (χ3n) is 3.18. The summed E-state index contributed by atoms with van der Waals surface area (Å²) in [5.74, 6) is 2.50. The average molecular weight is 263 g/mol. The molecule has 0 aliphatic rings. The molecule has 0 aliphatic heterocycles. The van der Waals surface area contributed by atoms with Gasteiger partial charge in [-0.2, -0.15) is 11.8 Å². The quantitative estimate of drug-likeness (QED) is 0.869. The van der Waals surface area contributed by atoms with Gasteiger partial charge in [-0.25, -0.2) is 4.98 Å². The second kappa shape index (κ2) is 5.76. The van der Waals surface area contributed by atoms with E-state index in [4.69, 9.17) is 5.73 Å². The predicted molar refractivity (Wildman–Crippen MR) is 80.1 cm³/mol. The molecule has 0 radical (unpaired) electrons. The first-order chi connectivity index (χ1) is 8.61. The van der Waals surface area contributed by atoms with Crippen LogP contribution in [0.1, 0.15) is 43.6 Å². The van der Waals surface area contributed by atoms with Gasteiger partial charge in [0.15, 0.2) is 0 Å². The van der Waals surface area contributed by atoms with Crippen molar-refractivity contribution in [1.82, 2.24) is 9.97 Å². The smallest absolute Gasteiger partial charge is 0.124 e. The van der Waals surface area contributed by atoms with Crippen molar-refractivity contribution in [3.63, 3.8) is 0 Å². The van der Waals surface area contributed by atoms with Crippen LogP contribution in [-0.4, -0.2) is 22.0 Å². The molecule has 1 unspecified atom stereocenters. The number of hydrogen-bond acceptors (Lipinski definition) is 3. The number of rotatable bonds is 5. The number of benzene rings is 1. The van der Waals surface area contributed by atoms with E-state index in [1.807, 2.05) is 11.8 Å². The molecular weight excluding hydrogens is 242 g/mol. The van der Waals surface area contributed by atoms with E-state index in [1.54, 1.807) is 0 Å². The zero-order valence-electron chi connectivity index (χ0n) is 11.2. The SMILES string of the molecule is CSCCC(N)c1nc2ccc(C(C)C)cc2[nH]1. The molecule has 0 spiro atoms. The molecule has 98 valence electrons. The summed E-state index contributed by atoms with van der Waals surface area (Å²) in [4.78, 5) is 7.93. The van der Waals surface area contributed by atoms with Gasteiger partial charge in [0, 0.05) is 0 Å². The topological polar surface area (TPSA) is 54.7 Å². The summed E-state index contributed by atoms with van der Waals surface area (Å²) < 4.78 is 0. The Morgan fingerprint density at radius 1 is 1.39 bits per heavy atom. The molecule has 0 saturated carbocycles. The van der Waals surface area contributed by atoms with Crippen LogP contribution in [0.2, 0.25) is 0 Å². The van der Waals surface area contributed by atoms with Crippen LogP contribution in [0.25, 0.3) is 11.0 Å². The molecule has 2 aromatic rings. The fourth-order valence-corrected chi connectivity index (χ4v) is 2.45. The Balaban J connectivity index is 2.26. The summed E-state index contributed by atoms with van der Waals surface area (Å²) >= 11 is 1.82. The van der Waals surface area contributed by atoms with Crippen LogP contribution in [0, 0.1) is 0 Å². The van der Waals surface area contributed by atoms with Crippen molar-refractivity contribution < 1.29 is 0 Å². The Morgan fingerprint density at radius 2 is 2.17 bits per heavy atom. The van der Waals surface area contributed by atoms with E-state index in [2.05, 4.69) is 48.3 Å². The van der Waals surface area contributed by atoms with E-state index >= 15 is 0 Å². The van der Waals surface area contributed by atoms with Gasteiger partial charge in [-0.3, -0.25) is 0 Å². The lowest BCUT2D eigenvalue weighted by Gasteiger charge is -2.06. The normalized spacial score (nSPS) is 13.4. The molecule has 0 bridgehead atoms. The van der Waals surface area contributed by atoms with Gasteiger partial charge in [0.05, 0.1) is 17.1 Å². The lowest BCUT2D eigenvalue weighted by molar-refractivity contribution is 0.666. The number of H-pyrrole nitrogens is 1. The van der Waals surface area contributed by atoms with E-state index in [0.717, 1.165) is 29.0 Å². The second-order valence-corrected chi connectivity index (χ2v) is 5.93. The highest BCUT2D eigenvalue weighted by Gasteiger charge is 2.11. The maximum atomic E-state index is 6.14. The maximum absolute atomic E-state index is 6.14. The number of thioether (sulfide) groups is 1. The molecule has 1 aromatic carbocycles. The number of nitrogens with two attached hydrogens (primary N) is 1. The van der Waals surface area contributed by atoms with Crippen LogP contribution in [0.5, 0.6) is 0 Å². The van der Waals surface area contributed by atoms with Gasteiger partial charge < -0.3 is 10.7 Å². The summed E-state index contributed by atoms with van der Waals surface area (Å²) in [6.07, 6.45) is 3.05. The number of fused-ring (bicyclic) bond motifs is 1. The third kappa shape index (κ3) is 2.87. The minimum absolute atomic E-state index is 0.00681. The third-order valence-corrected chi connectivity index (χ3v) is 3.82. The van der Waals surface area contributed by atoms with Crippen molar-refractivity contribution in [2.45, 2.75) is 32.2 Å². The molecule has 3 N–H and O–H groups in total.